The molecule has 1 unspecified atom stereocenters. The number of H-pyrrole nitrogens is 1. The summed E-state index contributed by atoms with van der Waals surface area (Å²) in [6.07, 6.45) is 1.35. The zero-order chi connectivity index (χ0) is 14.5. The lowest BCUT2D eigenvalue weighted by Gasteiger charge is -2.06. The first kappa shape index (κ1) is 15.0. The lowest BCUT2D eigenvalue weighted by molar-refractivity contribution is 0.181. The van der Waals surface area contributed by atoms with E-state index < -0.39 is 0 Å². The van der Waals surface area contributed by atoms with Crippen LogP contribution in [-0.4, -0.2) is 27.7 Å². The number of aliphatic hydroxyl groups excluding tert-OH is 1. The monoisotopic (exact) mass is 295 g/mol. The minimum Gasteiger partial charge on any atom is -0.393 e. The average Bonchev–Trinajstić information content (AvgIpc) is 2.37. The van der Waals surface area contributed by atoms with Crippen molar-refractivity contribution in [3.05, 3.63) is 39.4 Å². The summed E-state index contributed by atoms with van der Waals surface area (Å²) in [6.45, 7) is 3.02. The molecular formula is C14H18ClN3O2. The van der Waals surface area contributed by atoms with Crippen LogP contribution in [0.15, 0.2) is 23.0 Å². The van der Waals surface area contributed by atoms with Crippen LogP contribution in [0.4, 0.5) is 0 Å². The van der Waals surface area contributed by atoms with Crippen molar-refractivity contribution >= 4 is 22.5 Å². The number of halogens is 1. The van der Waals surface area contributed by atoms with Crippen molar-refractivity contribution in [2.45, 2.75) is 32.4 Å². The minimum atomic E-state index is -0.280. The van der Waals surface area contributed by atoms with Gasteiger partial charge in [-0.1, -0.05) is 11.6 Å². The van der Waals surface area contributed by atoms with Crippen molar-refractivity contribution in [2.24, 2.45) is 0 Å². The van der Waals surface area contributed by atoms with Crippen molar-refractivity contribution in [1.82, 2.24) is 15.3 Å². The Hall–Kier alpha value is -1.43. The summed E-state index contributed by atoms with van der Waals surface area (Å²) in [6, 6.07) is 5.03. The van der Waals surface area contributed by atoms with Crippen LogP contribution in [0, 0.1) is 0 Å². The van der Waals surface area contributed by atoms with Crippen LogP contribution in [0.25, 0.3) is 10.9 Å². The van der Waals surface area contributed by atoms with Gasteiger partial charge in [-0.05, 0) is 44.5 Å². The third-order valence-corrected chi connectivity index (χ3v) is 3.22. The summed E-state index contributed by atoms with van der Waals surface area (Å²) in [5, 5.41) is 13.4. The van der Waals surface area contributed by atoms with E-state index in [0.29, 0.717) is 28.3 Å². The number of fused-ring (bicyclic) bond motifs is 1. The van der Waals surface area contributed by atoms with Gasteiger partial charge in [-0.3, -0.25) is 4.79 Å². The van der Waals surface area contributed by atoms with Crippen LogP contribution < -0.4 is 10.9 Å². The van der Waals surface area contributed by atoms with Gasteiger partial charge in [-0.25, -0.2) is 4.98 Å². The lowest BCUT2D eigenvalue weighted by atomic mass is 10.2. The van der Waals surface area contributed by atoms with Crippen LogP contribution in [0.2, 0.25) is 5.02 Å². The fraction of sp³-hybridized carbons (Fsp3) is 0.429. The van der Waals surface area contributed by atoms with E-state index in [0.717, 1.165) is 19.4 Å². The second kappa shape index (κ2) is 6.83. The highest BCUT2D eigenvalue weighted by Gasteiger charge is 2.04. The van der Waals surface area contributed by atoms with Gasteiger partial charge >= 0.3 is 0 Å². The van der Waals surface area contributed by atoms with Gasteiger partial charge in [0.15, 0.2) is 0 Å². The predicted octanol–water partition coefficient (Wildman–Crippen LogP) is 1.83. The van der Waals surface area contributed by atoms with Gasteiger partial charge in [0.1, 0.15) is 5.82 Å². The van der Waals surface area contributed by atoms with E-state index >= 15 is 0 Å². The number of hydrogen-bond acceptors (Lipinski definition) is 4. The maximum Gasteiger partial charge on any atom is 0.258 e. The number of aliphatic hydroxyl groups is 1. The molecule has 1 heterocycles. The van der Waals surface area contributed by atoms with E-state index in [4.69, 9.17) is 16.7 Å². The van der Waals surface area contributed by atoms with E-state index in [1.54, 1.807) is 25.1 Å². The van der Waals surface area contributed by atoms with Gasteiger partial charge < -0.3 is 15.4 Å². The molecule has 0 bridgehead atoms. The lowest BCUT2D eigenvalue weighted by Crippen LogP contribution is -2.21. The highest BCUT2D eigenvalue weighted by molar-refractivity contribution is 6.31. The third kappa shape index (κ3) is 4.03. The first-order valence-corrected chi connectivity index (χ1v) is 7.01. The largest absolute Gasteiger partial charge is 0.393 e. The molecule has 1 aromatic heterocycles. The molecule has 0 aliphatic rings. The van der Waals surface area contributed by atoms with E-state index in [9.17, 15) is 4.79 Å². The average molecular weight is 296 g/mol. The molecule has 0 aliphatic carbocycles. The van der Waals surface area contributed by atoms with Gasteiger partial charge in [0.25, 0.3) is 5.56 Å². The van der Waals surface area contributed by atoms with Crippen molar-refractivity contribution in [2.75, 3.05) is 6.54 Å². The molecular weight excluding hydrogens is 278 g/mol. The molecule has 2 rings (SSSR count). The summed E-state index contributed by atoms with van der Waals surface area (Å²) in [4.78, 5) is 19.0. The van der Waals surface area contributed by atoms with Crippen LogP contribution in [-0.2, 0) is 6.54 Å². The highest BCUT2D eigenvalue weighted by Crippen LogP contribution is 2.14. The van der Waals surface area contributed by atoms with Gasteiger partial charge in [-0.2, -0.15) is 0 Å². The number of nitrogens with zero attached hydrogens (tertiary/aromatic N) is 1. The van der Waals surface area contributed by atoms with Crippen molar-refractivity contribution in [1.29, 1.82) is 0 Å². The Morgan fingerprint density at radius 1 is 1.50 bits per heavy atom. The topological polar surface area (TPSA) is 78.0 Å². The molecule has 1 aromatic carbocycles. The SMILES string of the molecule is CC(O)CCCNCc1nc2cc(Cl)ccc2c(=O)[nH]1. The van der Waals surface area contributed by atoms with Crippen LogP contribution in [0.1, 0.15) is 25.6 Å². The summed E-state index contributed by atoms with van der Waals surface area (Å²) in [5.41, 5.74) is 0.439. The number of benzene rings is 1. The van der Waals surface area contributed by atoms with Crippen molar-refractivity contribution < 1.29 is 5.11 Å². The van der Waals surface area contributed by atoms with Crippen LogP contribution in [0.3, 0.4) is 0 Å². The second-order valence-electron chi connectivity index (χ2n) is 4.84. The molecule has 0 saturated carbocycles. The standard InChI is InChI=1S/C14H18ClN3O2/c1-9(19)3-2-6-16-8-13-17-12-7-10(15)4-5-11(12)14(20)18-13/h4-5,7,9,16,19H,2-3,6,8H2,1H3,(H,17,18,20). The molecule has 5 nitrogen and oxygen atoms in total. The first-order valence-electron chi connectivity index (χ1n) is 6.63. The Balaban J connectivity index is 2.02. The molecule has 0 radical (unpaired) electrons. The summed E-state index contributed by atoms with van der Waals surface area (Å²) in [7, 11) is 0. The van der Waals surface area contributed by atoms with Crippen LogP contribution >= 0.6 is 11.6 Å². The molecule has 1 atom stereocenters. The number of aromatic nitrogens is 2. The fourth-order valence-corrected chi connectivity index (χ4v) is 2.14. The Kier molecular flexibility index (Phi) is 5.11. The van der Waals surface area contributed by atoms with E-state index in [2.05, 4.69) is 15.3 Å². The summed E-state index contributed by atoms with van der Waals surface area (Å²) < 4.78 is 0. The van der Waals surface area contributed by atoms with Gasteiger partial charge in [0.05, 0.1) is 23.6 Å². The molecule has 2 aromatic rings. The zero-order valence-corrected chi connectivity index (χ0v) is 12.1. The Labute approximate surface area is 122 Å². The smallest absolute Gasteiger partial charge is 0.258 e. The molecule has 0 fully saturated rings. The second-order valence-corrected chi connectivity index (χ2v) is 5.28. The Morgan fingerprint density at radius 3 is 3.05 bits per heavy atom. The van der Waals surface area contributed by atoms with E-state index in [1.807, 2.05) is 0 Å². The van der Waals surface area contributed by atoms with Gasteiger partial charge in [0.2, 0.25) is 0 Å². The minimum absolute atomic E-state index is 0.160. The van der Waals surface area contributed by atoms with Crippen LogP contribution in [0.5, 0.6) is 0 Å². The number of nitrogens with one attached hydrogen (secondary N) is 2. The zero-order valence-electron chi connectivity index (χ0n) is 11.3. The normalized spacial score (nSPS) is 12.8. The molecule has 6 heteroatoms. The molecule has 0 spiro atoms. The summed E-state index contributed by atoms with van der Waals surface area (Å²) >= 11 is 5.91. The molecule has 0 saturated heterocycles. The van der Waals surface area contributed by atoms with E-state index in [1.165, 1.54) is 0 Å². The molecule has 0 amide bonds. The van der Waals surface area contributed by atoms with E-state index in [-0.39, 0.29) is 11.7 Å². The molecule has 20 heavy (non-hydrogen) atoms. The Morgan fingerprint density at radius 2 is 2.30 bits per heavy atom. The summed E-state index contributed by atoms with van der Waals surface area (Å²) in [5.74, 6) is 0.585. The first-order chi connectivity index (χ1) is 9.56. The van der Waals surface area contributed by atoms with Gasteiger partial charge in [0, 0.05) is 5.02 Å². The Bertz CT molecular complexity index is 640. The molecule has 0 aliphatic heterocycles. The number of rotatable bonds is 6. The number of aromatic amines is 1. The van der Waals surface area contributed by atoms with Crippen molar-refractivity contribution in [3.63, 3.8) is 0 Å². The molecule has 108 valence electrons. The van der Waals surface area contributed by atoms with Gasteiger partial charge in [-0.15, -0.1) is 0 Å². The third-order valence-electron chi connectivity index (χ3n) is 2.99. The maximum absolute atomic E-state index is 11.9. The quantitative estimate of drug-likeness (QED) is 0.711. The maximum atomic E-state index is 11.9. The fourth-order valence-electron chi connectivity index (χ4n) is 1.97. The number of hydrogen-bond donors (Lipinski definition) is 3. The highest BCUT2D eigenvalue weighted by atomic mass is 35.5. The van der Waals surface area contributed by atoms with Crippen molar-refractivity contribution in [3.8, 4) is 0 Å². The predicted molar refractivity (Wildman–Crippen MR) is 80.0 cm³/mol. The molecule has 3 N–H and O–H groups in total.